The second-order valence-corrected chi connectivity index (χ2v) is 5.86. The second-order valence-electron chi connectivity index (χ2n) is 5.86. The SMILES string of the molecule is O=C(Nc1cn[nH]n1)N[C@@H]1[C@@H](c2ccccc2)[C@@H]2C=C[C@H]1C2. The highest BCUT2D eigenvalue weighted by Gasteiger charge is 2.45. The number of anilines is 1. The van der Waals surface area contributed by atoms with E-state index in [-0.39, 0.29) is 12.1 Å². The van der Waals surface area contributed by atoms with Gasteiger partial charge in [-0.25, -0.2) is 4.79 Å². The molecule has 6 heteroatoms. The number of benzene rings is 1. The molecule has 1 heterocycles. The number of hydrogen-bond donors (Lipinski definition) is 3. The van der Waals surface area contributed by atoms with Gasteiger partial charge in [0.25, 0.3) is 0 Å². The molecule has 1 aromatic heterocycles. The summed E-state index contributed by atoms with van der Waals surface area (Å²) < 4.78 is 0. The lowest BCUT2D eigenvalue weighted by Gasteiger charge is -2.29. The lowest BCUT2D eigenvalue weighted by molar-refractivity contribution is 0.244. The summed E-state index contributed by atoms with van der Waals surface area (Å²) in [5, 5.41) is 15.8. The summed E-state index contributed by atoms with van der Waals surface area (Å²) in [6.45, 7) is 0. The smallest absolute Gasteiger partial charge is 0.320 e. The molecule has 2 aliphatic rings. The van der Waals surface area contributed by atoms with E-state index in [4.69, 9.17) is 0 Å². The minimum Gasteiger partial charge on any atom is -0.334 e. The highest BCUT2D eigenvalue weighted by atomic mass is 16.2. The van der Waals surface area contributed by atoms with Crippen molar-refractivity contribution < 1.29 is 4.79 Å². The van der Waals surface area contributed by atoms with Crippen LogP contribution in [0.5, 0.6) is 0 Å². The number of aromatic amines is 1. The normalized spacial score (nSPS) is 28.7. The molecule has 0 saturated heterocycles. The summed E-state index contributed by atoms with van der Waals surface area (Å²) in [6, 6.07) is 10.3. The summed E-state index contributed by atoms with van der Waals surface area (Å²) in [6.07, 6.45) is 7.10. The van der Waals surface area contributed by atoms with Crippen LogP contribution in [0.4, 0.5) is 10.6 Å². The van der Waals surface area contributed by atoms with Gasteiger partial charge in [-0.1, -0.05) is 42.5 Å². The van der Waals surface area contributed by atoms with Crippen molar-refractivity contribution in [2.24, 2.45) is 11.8 Å². The van der Waals surface area contributed by atoms with Crippen LogP contribution in [0.25, 0.3) is 0 Å². The van der Waals surface area contributed by atoms with Crippen LogP contribution in [0.2, 0.25) is 0 Å². The average molecular weight is 295 g/mol. The lowest BCUT2D eigenvalue weighted by atomic mass is 9.83. The molecule has 3 N–H and O–H groups in total. The van der Waals surface area contributed by atoms with Crippen molar-refractivity contribution in [1.82, 2.24) is 20.7 Å². The standard InChI is InChI=1S/C16H17N5O/c22-16(18-13-9-17-21-20-13)19-15-12-7-6-11(8-12)14(15)10-4-2-1-3-5-10/h1-7,9,11-12,14-15H,8H2,(H3,17,18,19,20,21,22)/t11-,12+,14+,15+/m1/s1. The molecule has 22 heavy (non-hydrogen) atoms. The first-order valence-corrected chi connectivity index (χ1v) is 7.48. The van der Waals surface area contributed by atoms with Gasteiger partial charge in [-0.2, -0.15) is 10.3 Å². The van der Waals surface area contributed by atoms with Gasteiger partial charge in [0, 0.05) is 12.0 Å². The fourth-order valence-corrected chi connectivity index (χ4v) is 3.71. The number of carbonyl (C=O) groups is 1. The number of H-pyrrole nitrogens is 1. The van der Waals surface area contributed by atoms with Gasteiger partial charge in [-0.3, -0.25) is 5.32 Å². The molecule has 2 aliphatic carbocycles. The number of aromatic nitrogens is 3. The molecule has 6 nitrogen and oxygen atoms in total. The number of urea groups is 1. The predicted molar refractivity (Wildman–Crippen MR) is 82.2 cm³/mol. The Hall–Kier alpha value is -2.63. The molecule has 0 unspecified atom stereocenters. The average Bonchev–Trinajstić information content (AvgIpc) is 3.25. The molecule has 112 valence electrons. The minimum atomic E-state index is -0.235. The molecule has 1 fully saturated rings. The molecule has 2 amide bonds. The lowest BCUT2D eigenvalue weighted by Crippen LogP contribution is -2.44. The van der Waals surface area contributed by atoms with E-state index in [0.717, 1.165) is 6.42 Å². The largest absolute Gasteiger partial charge is 0.334 e. The van der Waals surface area contributed by atoms with Crippen LogP contribution < -0.4 is 10.6 Å². The zero-order valence-corrected chi connectivity index (χ0v) is 11.9. The fraction of sp³-hybridized carbons (Fsp3) is 0.312. The van der Waals surface area contributed by atoms with E-state index in [0.29, 0.717) is 23.6 Å². The molecular formula is C16H17N5O. The van der Waals surface area contributed by atoms with Crippen LogP contribution in [-0.4, -0.2) is 27.5 Å². The van der Waals surface area contributed by atoms with E-state index in [1.807, 2.05) is 6.07 Å². The Labute approximate surface area is 128 Å². The van der Waals surface area contributed by atoms with Crippen molar-refractivity contribution in [2.75, 3.05) is 5.32 Å². The van der Waals surface area contributed by atoms with E-state index in [2.05, 4.69) is 62.5 Å². The van der Waals surface area contributed by atoms with Gasteiger partial charge in [0.15, 0.2) is 5.82 Å². The second kappa shape index (κ2) is 5.29. The van der Waals surface area contributed by atoms with Gasteiger partial charge < -0.3 is 5.32 Å². The third kappa shape index (κ3) is 2.26. The number of carbonyl (C=O) groups excluding carboxylic acids is 1. The summed E-state index contributed by atoms with van der Waals surface area (Å²) in [7, 11) is 0. The van der Waals surface area contributed by atoms with Crippen molar-refractivity contribution in [3.63, 3.8) is 0 Å². The van der Waals surface area contributed by atoms with Crippen LogP contribution in [0.1, 0.15) is 17.9 Å². The van der Waals surface area contributed by atoms with Crippen LogP contribution in [0, 0.1) is 11.8 Å². The Morgan fingerprint density at radius 2 is 2.00 bits per heavy atom. The van der Waals surface area contributed by atoms with E-state index in [1.165, 1.54) is 11.8 Å². The number of nitrogens with zero attached hydrogens (tertiary/aromatic N) is 2. The highest BCUT2D eigenvalue weighted by Crippen LogP contribution is 2.48. The Bertz CT molecular complexity index is 682. The molecule has 1 saturated carbocycles. The fourth-order valence-electron chi connectivity index (χ4n) is 3.71. The van der Waals surface area contributed by atoms with Crippen LogP contribution in [0.15, 0.2) is 48.7 Å². The maximum absolute atomic E-state index is 12.2. The number of allylic oxidation sites excluding steroid dienone is 1. The molecule has 2 bridgehead atoms. The summed E-state index contributed by atoms with van der Waals surface area (Å²) in [5.74, 6) is 1.66. The zero-order valence-electron chi connectivity index (χ0n) is 11.9. The van der Waals surface area contributed by atoms with Gasteiger partial charge in [0.2, 0.25) is 0 Å². The Morgan fingerprint density at radius 3 is 2.77 bits per heavy atom. The maximum atomic E-state index is 12.2. The topological polar surface area (TPSA) is 82.7 Å². The van der Waals surface area contributed by atoms with Gasteiger partial charge in [0.05, 0.1) is 6.20 Å². The number of hydrogen-bond acceptors (Lipinski definition) is 3. The van der Waals surface area contributed by atoms with E-state index >= 15 is 0 Å². The van der Waals surface area contributed by atoms with E-state index in [1.54, 1.807) is 0 Å². The monoisotopic (exact) mass is 295 g/mol. The molecular weight excluding hydrogens is 278 g/mol. The number of nitrogens with one attached hydrogen (secondary N) is 3. The molecule has 0 aliphatic heterocycles. The van der Waals surface area contributed by atoms with Gasteiger partial charge in [-0.05, 0) is 23.8 Å². The van der Waals surface area contributed by atoms with Crippen molar-refractivity contribution >= 4 is 11.8 Å². The molecule has 2 aromatic rings. The number of amides is 2. The first-order chi connectivity index (χ1) is 10.8. The van der Waals surface area contributed by atoms with Crippen LogP contribution in [0.3, 0.4) is 0 Å². The summed E-state index contributed by atoms with van der Waals surface area (Å²) in [4.78, 5) is 12.2. The molecule has 4 atom stereocenters. The van der Waals surface area contributed by atoms with Crippen molar-refractivity contribution in [1.29, 1.82) is 0 Å². The molecule has 0 spiro atoms. The van der Waals surface area contributed by atoms with Gasteiger partial charge in [0.1, 0.15) is 0 Å². The van der Waals surface area contributed by atoms with Crippen LogP contribution >= 0.6 is 0 Å². The Kier molecular flexibility index (Phi) is 3.14. The number of fused-ring (bicyclic) bond motifs is 2. The zero-order chi connectivity index (χ0) is 14.9. The molecule has 1 aromatic carbocycles. The first-order valence-electron chi connectivity index (χ1n) is 7.48. The van der Waals surface area contributed by atoms with Crippen molar-refractivity contribution in [3.8, 4) is 0 Å². The third-order valence-electron chi connectivity index (χ3n) is 4.60. The first kappa shape index (κ1) is 13.1. The van der Waals surface area contributed by atoms with E-state index < -0.39 is 0 Å². The maximum Gasteiger partial charge on any atom is 0.320 e. The van der Waals surface area contributed by atoms with Crippen molar-refractivity contribution in [3.05, 3.63) is 54.2 Å². The summed E-state index contributed by atoms with van der Waals surface area (Å²) >= 11 is 0. The summed E-state index contributed by atoms with van der Waals surface area (Å²) in [5.41, 5.74) is 1.28. The predicted octanol–water partition coefficient (Wildman–Crippen LogP) is 2.28. The quantitative estimate of drug-likeness (QED) is 0.760. The van der Waals surface area contributed by atoms with E-state index in [9.17, 15) is 4.79 Å². The highest BCUT2D eigenvalue weighted by molar-refractivity contribution is 5.88. The minimum absolute atomic E-state index is 0.115. The van der Waals surface area contributed by atoms with Gasteiger partial charge in [-0.15, -0.1) is 5.10 Å². The molecule has 0 radical (unpaired) electrons. The molecule has 4 rings (SSSR count). The Balaban J connectivity index is 1.52. The number of rotatable bonds is 3. The van der Waals surface area contributed by atoms with Crippen molar-refractivity contribution in [2.45, 2.75) is 18.4 Å². The Morgan fingerprint density at radius 1 is 1.18 bits per heavy atom. The van der Waals surface area contributed by atoms with Gasteiger partial charge >= 0.3 is 6.03 Å². The van der Waals surface area contributed by atoms with Crippen LogP contribution in [-0.2, 0) is 0 Å². The third-order valence-corrected chi connectivity index (χ3v) is 4.60.